The van der Waals surface area contributed by atoms with E-state index in [-0.39, 0.29) is 18.9 Å². The van der Waals surface area contributed by atoms with Crippen molar-refractivity contribution in [3.8, 4) is 0 Å². The second kappa shape index (κ2) is 67.8. The van der Waals surface area contributed by atoms with Crippen molar-refractivity contribution < 1.29 is 64.6 Å². The lowest BCUT2D eigenvalue weighted by Crippen LogP contribution is -2.65. The van der Waals surface area contributed by atoms with E-state index < -0.39 is 86.8 Å². The minimum Gasteiger partial charge on any atom is -0.394 e. The lowest BCUT2D eigenvalue weighted by atomic mass is 9.97. The molecule has 2 saturated heterocycles. The highest BCUT2D eigenvalue weighted by molar-refractivity contribution is 5.76. The highest BCUT2D eigenvalue weighted by Gasteiger charge is 2.51. The molecule has 0 saturated carbocycles. The van der Waals surface area contributed by atoms with Gasteiger partial charge in [-0.05, 0) is 70.6 Å². The molecule has 14 nitrogen and oxygen atoms in total. The zero-order valence-electron chi connectivity index (χ0n) is 63.0. The third kappa shape index (κ3) is 50.2. The number of aliphatic hydroxyl groups excluding tert-OH is 8. The molecule has 2 fully saturated rings. The maximum atomic E-state index is 13.4. The van der Waals surface area contributed by atoms with Crippen molar-refractivity contribution in [2.75, 3.05) is 19.8 Å². The molecule has 2 heterocycles. The molecular formula is C84H155NO13. The molecule has 9 N–H and O–H groups in total. The fraction of sp³-hybridized carbons (Fsp3) is 0.869. The van der Waals surface area contributed by atoms with E-state index >= 15 is 0 Å². The van der Waals surface area contributed by atoms with Crippen LogP contribution >= 0.6 is 0 Å². The molecule has 2 aliphatic heterocycles. The van der Waals surface area contributed by atoms with Crippen molar-refractivity contribution in [2.45, 2.75) is 447 Å². The van der Waals surface area contributed by atoms with E-state index in [1.807, 2.05) is 6.08 Å². The summed E-state index contributed by atoms with van der Waals surface area (Å²) in [6.07, 6.45) is 76.0. The summed E-state index contributed by atoms with van der Waals surface area (Å²) in [6, 6.07) is -0.934. The molecule has 0 aromatic heterocycles. The third-order valence-corrected chi connectivity index (χ3v) is 20.2. The van der Waals surface area contributed by atoms with Gasteiger partial charge < -0.3 is 65.1 Å². The Kier molecular flexibility index (Phi) is 63.5. The van der Waals surface area contributed by atoms with Crippen LogP contribution in [0, 0.1) is 0 Å². The Balaban J connectivity index is 1.61. The molecule has 2 aliphatic rings. The van der Waals surface area contributed by atoms with Crippen LogP contribution in [0.25, 0.3) is 0 Å². The van der Waals surface area contributed by atoms with Crippen molar-refractivity contribution in [3.63, 3.8) is 0 Å². The van der Waals surface area contributed by atoms with E-state index in [1.54, 1.807) is 6.08 Å². The van der Waals surface area contributed by atoms with Gasteiger partial charge in [0.2, 0.25) is 5.91 Å². The minimum absolute atomic E-state index is 0.243. The maximum absolute atomic E-state index is 13.4. The Morgan fingerprint density at radius 2 is 0.684 bits per heavy atom. The summed E-state index contributed by atoms with van der Waals surface area (Å²) in [5.41, 5.74) is 0. The van der Waals surface area contributed by atoms with E-state index in [0.29, 0.717) is 12.8 Å². The Hall–Kier alpha value is -2.31. The lowest BCUT2D eigenvalue weighted by molar-refractivity contribution is -0.359. The van der Waals surface area contributed by atoms with Gasteiger partial charge in [0.15, 0.2) is 12.6 Å². The van der Waals surface area contributed by atoms with E-state index in [9.17, 15) is 45.6 Å². The molecule has 12 unspecified atom stereocenters. The molecule has 0 bridgehead atoms. The number of carbonyl (C=O) groups is 1. The number of unbranched alkanes of at least 4 members (excludes halogenated alkanes) is 49. The molecule has 0 aliphatic carbocycles. The minimum atomic E-state index is -1.79. The van der Waals surface area contributed by atoms with Crippen molar-refractivity contribution in [3.05, 3.63) is 60.8 Å². The van der Waals surface area contributed by atoms with Crippen LogP contribution in [-0.2, 0) is 23.7 Å². The third-order valence-electron chi connectivity index (χ3n) is 20.2. The Bertz CT molecular complexity index is 1880. The van der Waals surface area contributed by atoms with Crippen LogP contribution in [0.15, 0.2) is 60.8 Å². The number of ether oxygens (including phenoxy) is 4. The first-order chi connectivity index (χ1) is 48.1. The first-order valence-electron chi connectivity index (χ1n) is 41.5. The lowest BCUT2D eigenvalue weighted by Gasteiger charge is -2.46. The summed E-state index contributed by atoms with van der Waals surface area (Å²) in [6.45, 7) is 2.83. The molecule has 0 aromatic rings. The van der Waals surface area contributed by atoms with Gasteiger partial charge in [0, 0.05) is 6.42 Å². The van der Waals surface area contributed by atoms with E-state index in [4.69, 9.17) is 18.9 Å². The highest BCUT2D eigenvalue weighted by atomic mass is 16.7. The standard InChI is InChI=1S/C84H155NO13/c1-3-5-7-9-11-13-15-17-19-21-23-25-27-29-31-33-34-35-36-37-38-40-42-44-46-48-50-52-54-56-58-60-62-64-66-68-76(89)85-72(71-95-83-81(94)79(92)82(75(70-87)97-83)98-84-80(93)78(91)77(90)74(69-86)96-84)73(88)67-65-63-61-59-57-55-53-51-49-47-45-43-41-39-32-30-28-26-24-22-20-18-16-14-12-10-8-6-4-2/h15,17,21,23,27,29,57,59,65,67,72-75,77-84,86-88,90-94H,3-14,16,18-20,22,24-26,28,30-56,58,60-64,66,68-71H2,1-2H3,(H,85,89)/b17-15-,23-21-,29-27-,59-57+,67-65+. The molecule has 2 rings (SSSR count). The van der Waals surface area contributed by atoms with Gasteiger partial charge in [-0.15, -0.1) is 0 Å². The zero-order chi connectivity index (χ0) is 70.8. The van der Waals surface area contributed by atoms with E-state index in [2.05, 4.69) is 67.8 Å². The Labute approximate surface area is 600 Å². The van der Waals surface area contributed by atoms with Gasteiger partial charge in [-0.2, -0.15) is 0 Å². The second-order valence-electron chi connectivity index (χ2n) is 29.2. The quantitative estimate of drug-likeness (QED) is 0.0204. The predicted molar refractivity (Wildman–Crippen MR) is 406 cm³/mol. The summed E-state index contributed by atoms with van der Waals surface area (Å²) < 4.78 is 22.9. The normalized spacial score (nSPS) is 22.3. The molecule has 12 atom stereocenters. The summed E-state index contributed by atoms with van der Waals surface area (Å²) in [4.78, 5) is 13.4. The molecule has 98 heavy (non-hydrogen) atoms. The number of hydrogen-bond acceptors (Lipinski definition) is 13. The summed E-state index contributed by atoms with van der Waals surface area (Å²) in [5.74, 6) is -0.243. The number of nitrogens with one attached hydrogen (secondary N) is 1. The maximum Gasteiger partial charge on any atom is 0.220 e. The molecular weight excluding hydrogens is 1230 g/mol. The van der Waals surface area contributed by atoms with Gasteiger partial charge in [0.1, 0.15) is 48.8 Å². The SMILES string of the molecule is CCCCCCC/C=C\C/C=C\C/C=C\CCCCCCCCCCCCCCCCCCCCCCC(=O)NC(COC1OC(CO)C(OC2OC(CO)C(O)C(O)C2O)C(O)C1O)C(O)/C=C/CC/C=C/CCCCCCCCCCCCCCCCCCCCCCCCC. The molecule has 14 heteroatoms. The monoisotopic (exact) mass is 1390 g/mol. The fourth-order valence-electron chi connectivity index (χ4n) is 13.6. The molecule has 574 valence electrons. The van der Waals surface area contributed by atoms with Gasteiger partial charge in [-0.1, -0.05) is 357 Å². The van der Waals surface area contributed by atoms with Gasteiger partial charge in [-0.25, -0.2) is 0 Å². The van der Waals surface area contributed by atoms with Crippen molar-refractivity contribution in [1.82, 2.24) is 5.32 Å². The average molecular weight is 1390 g/mol. The number of rotatable bonds is 70. The van der Waals surface area contributed by atoms with Gasteiger partial charge in [0.05, 0.1) is 32.0 Å². The number of carbonyl (C=O) groups excluding carboxylic acids is 1. The fourth-order valence-corrected chi connectivity index (χ4v) is 13.6. The van der Waals surface area contributed by atoms with E-state index in [0.717, 1.165) is 44.9 Å². The van der Waals surface area contributed by atoms with Crippen molar-refractivity contribution in [1.29, 1.82) is 0 Å². The van der Waals surface area contributed by atoms with Gasteiger partial charge >= 0.3 is 0 Å². The van der Waals surface area contributed by atoms with Crippen LogP contribution in [0.4, 0.5) is 0 Å². The van der Waals surface area contributed by atoms with Gasteiger partial charge in [-0.3, -0.25) is 4.79 Å². The Morgan fingerprint density at radius 1 is 0.367 bits per heavy atom. The first kappa shape index (κ1) is 91.8. The largest absolute Gasteiger partial charge is 0.394 e. The summed E-state index contributed by atoms with van der Waals surface area (Å²) in [7, 11) is 0. The van der Waals surface area contributed by atoms with Crippen molar-refractivity contribution in [2.24, 2.45) is 0 Å². The van der Waals surface area contributed by atoms with E-state index in [1.165, 1.54) is 295 Å². The highest BCUT2D eigenvalue weighted by Crippen LogP contribution is 2.30. The van der Waals surface area contributed by atoms with Crippen LogP contribution in [0.2, 0.25) is 0 Å². The zero-order valence-corrected chi connectivity index (χ0v) is 63.0. The molecule has 0 spiro atoms. The summed E-state index contributed by atoms with van der Waals surface area (Å²) >= 11 is 0. The van der Waals surface area contributed by atoms with Gasteiger partial charge in [0.25, 0.3) is 0 Å². The van der Waals surface area contributed by atoms with Crippen LogP contribution in [-0.4, -0.2) is 140 Å². The predicted octanol–water partition coefficient (Wildman–Crippen LogP) is 19.1. The Morgan fingerprint density at radius 3 is 1.07 bits per heavy atom. The topological polar surface area (TPSA) is 228 Å². The number of amides is 1. The number of hydrogen-bond donors (Lipinski definition) is 9. The first-order valence-corrected chi connectivity index (χ1v) is 41.5. The molecule has 0 radical (unpaired) electrons. The second-order valence-corrected chi connectivity index (χ2v) is 29.2. The van der Waals surface area contributed by atoms with Crippen LogP contribution < -0.4 is 5.32 Å². The van der Waals surface area contributed by atoms with Crippen LogP contribution in [0.5, 0.6) is 0 Å². The van der Waals surface area contributed by atoms with Crippen LogP contribution in [0.1, 0.15) is 373 Å². The number of aliphatic hydroxyl groups is 8. The smallest absolute Gasteiger partial charge is 0.220 e. The average Bonchev–Trinajstić information content (AvgIpc) is 0.797. The van der Waals surface area contributed by atoms with Crippen molar-refractivity contribution >= 4 is 5.91 Å². The summed E-state index contributed by atoms with van der Waals surface area (Å²) in [5, 5.41) is 87.7. The molecule has 0 aromatic carbocycles. The number of allylic oxidation sites excluding steroid dienone is 9. The molecule has 1 amide bonds. The van der Waals surface area contributed by atoms with Crippen LogP contribution in [0.3, 0.4) is 0 Å².